The van der Waals surface area contributed by atoms with Crippen LogP contribution in [0.5, 0.6) is 11.5 Å². The van der Waals surface area contributed by atoms with Crippen molar-refractivity contribution in [2.45, 2.75) is 0 Å². The van der Waals surface area contributed by atoms with E-state index in [4.69, 9.17) is 9.47 Å². The van der Waals surface area contributed by atoms with Crippen LogP contribution in [0.25, 0.3) is 11.5 Å². The van der Waals surface area contributed by atoms with Gasteiger partial charge in [-0.15, -0.1) is 0 Å². The maximum atomic E-state index is 9.29. The number of aliphatic hydroxyl groups excluding tert-OH is 2. The van der Waals surface area contributed by atoms with Gasteiger partial charge in [-0.3, -0.25) is 0 Å². The van der Waals surface area contributed by atoms with Gasteiger partial charge in [0.25, 0.3) is 0 Å². The van der Waals surface area contributed by atoms with Crippen LogP contribution in [0.3, 0.4) is 0 Å². The molecule has 1 aromatic carbocycles. The molecule has 0 amide bonds. The molecule has 0 aromatic heterocycles. The zero-order valence-corrected chi connectivity index (χ0v) is 7.87. The van der Waals surface area contributed by atoms with Gasteiger partial charge in [-0.1, -0.05) is 0 Å². The third-order valence-electron chi connectivity index (χ3n) is 2.26. The molecule has 2 N–H and O–H groups in total. The predicted molar refractivity (Wildman–Crippen MR) is 51.6 cm³/mol. The van der Waals surface area contributed by atoms with Crippen LogP contribution >= 0.6 is 0 Å². The van der Waals surface area contributed by atoms with Gasteiger partial charge in [0, 0.05) is 11.1 Å². The first-order valence-corrected chi connectivity index (χ1v) is 4.08. The van der Waals surface area contributed by atoms with Crippen molar-refractivity contribution in [1.82, 2.24) is 0 Å². The van der Waals surface area contributed by atoms with E-state index in [2.05, 4.69) is 0 Å². The molecule has 0 aliphatic heterocycles. The lowest BCUT2D eigenvalue weighted by Crippen LogP contribution is -2.07. The van der Waals surface area contributed by atoms with E-state index in [0.717, 1.165) is 0 Å². The fourth-order valence-electron chi connectivity index (χ4n) is 1.46. The van der Waals surface area contributed by atoms with E-state index >= 15 is 0 Å². The number of hydrogen-bond acceptors (Lipinski definition) is 4. The second-order valence-corrected chi connectivity index (χ2v) is 2.95. The molecule has 1 aliphatic rings. The lowest BCUT2D eigenvalue weighted by atomic mass is 9.92. The third kappa shape index (κ3) is 0.937. The molecule has 0 fully saturated rings. The van der Waals surface area contributed by atoms with E-state index in [-0.39, 0.29) is 11.5 Å². The average Bonchev–Trinajstić information content (AvgIpc) is 2.25. The highest BCUT2D eigenvalue weighted by atomic mass is 16.5. The summed E-state index contributed by atoms with van der Waals surface area (Å²) in [7, 11) is 3.03. The van der Waals surface area contributed by atoms with Crippen LogP contribution in [0.1, 0.15) is 11.1 Å². The minimum Gasteiger partial charge on any atom is -0.504 e. The van der Waals surface area contributed by atoms with Crippen molar-refractivity contribution in [2.24, 2.45) is 0 Å². The van der Waals surface area contributed by atoms with Gasteiger partial charge >= 0.3 is 0 Å². The van der Waals surface area contributed by atoms with Gasteiger partial charge in [0.05, 0.1) is 14.2 Å². The number of hydrogen-bond donors (Lipinski definition) is 2. The van der Waals surface area contributed by atoms with Gasteiger partial charge in [0.2, 0.25) is 0 Å². The van der Waals surface area contributed by atoms with Crippen LogP contribution < -0.4 is 9.47 Å². The SMILES string of the molecule is COc1cc2c(cc1OC)C(O)=C2O. The van der Waals surface area contributed by atoms with Crippen LogP contribution in [0, 0.1) is 0 Å². The van der Waals surface area contributed by atoms with Crippen molar-refractivity contribution in [3.8, 4) is 11.5 Å². The topological polar surface area (TPSA) is 58.9 Å². The van der Waals surface area contributed by atoms with Crippen LogP contribution in [0.15, 0.2) is 12.1 Å². The van der Waals surface area contributed by atoms with Gasteiger partial charge in [-0.25, -0.2) is 0 Å². The average molecular weight is 194 g/mol. The highest BCUT2D eigenvalue weighted by Crippen LogP contribution is 2.43. The van der Waals surface area contributed by atoms with Gasteiger partial charge in [-0.2, -0.15) is 0 Å². The smallest absolute Gasteiger partial charge is 0.166 e. The monoisotopic (exact) mass is 194 g/mol. The number of fused-ring (bicyclic) bond motifs is 1. The molecule has 74 valence electrons. The maximum Gasteiger partial charge on any atom is 0.166 e. The Kier molecular flexibility index (Phi) is 1.77. The summed E-state index contributed by atoms with van der Waals surface area (Å²) in [4.78, 5) is 0. The number of rotatable bonds is 2. The Bertz CT molecular complexity index is 381. The Morgan fingerprint density at radius 2 is 1.21 bits per heavy atom. The summed E-state index contributed by atoms with van der Waals surface area (Å²) in [5.74, 6) is 0.873. The summed E-state index contributed by atoms with van der Waals surface area (Å²) in [6.45, 7) is 0. The molecule has 0 saturated heterocycles. The Morgan fingerprint density at radius 3 is 1.50 bits per heavy atom. The van der Waals surface area contributed by atoms with E-state index in [1.54, 1.807) is 12.1 Å². The number of ether oxygens (including phenoxy) is 2. The minimum absolute atomic E-state index is 0.0963. The number of methoxy groups -OCH3 is 2. The Balaban J connectivity index is 2.53. The van der Waals surface area contributed by atoms with Crippen molar-refractivity contribution in [3.63, 3.8) is 0 Å². The van der Waals surface area contributed by atoms with Crippen molar-refractivity contribution in [2.75, 3.05) is 14.2 Å². The zero-order chi connectivity index (χ0) is 10.3. The van der Waals surface area contributed by atoms with Crippen molar-refractivity contribution in [1.29, 1.82) is 0 Å². The summed E-state index contributed by atoms with van der Waals surface area (Å²) in [5.41, 5.74) is 1.17. The molecule has 0 saturated carbocycles. The second kappa shape index (κ2) is 2.83. The molecule has 0 unspecified atom stereocenters. The summed E-state index contributed by atoms with van der Waals surface area (Å²) >= 11 is 0. The van der Waals surface area contributed by atoms with E-state index < -0.39 is 0 Å². The first-order chi connectivity index (χ1) is 6.69. The maximum absolute atomic E-state index is 9.29. The largest absolute Gasteiger partial charge is 0.504 e. The molecule has 4 heteroatoms. The quantitative estimate of drug-likeness (QED) is 0.755. The molecular weight excluding hydrogens is 184 g/mol. The normalized spacial score (nSPS) is 13.3. The summed E-state index contributed by atoms with van der Waals surface area (Å²) < 4.78 is 10.1. The van der Waals surface area contributed by atoms with E-state index in [9.17, 15) is 10.2 Å². The molecule has 0 radical (unpaired) electrons. The standard InChI is InChI=1S/C10H10O4/c1-13-7-3-5-6(4-8(7)14-2)10(12)9(5)11/h3-4,11-12H,1-2H3. The van der Waals surface area contributed by atoms with E-state index in [0.29, 0.717) is 22.6 Å². The first kappa shape index (κ1) is 8.74. The molecule has 14 heavy (non-hydrogen) atoms. The first-order valence-electron chi connectivity index (χ1n) is 4.08. The lowest BCUT2D eigenvalue weighted by Gasteiger charge is -2.21. The molecule has 0 spiro atoms. The molecule has 0 bridgehead atoms. The Labute approximate surface area is 81.0 Å². The van der Waals surface area contributed by atoms with Crippen LogP contribution in [0.4, 0.5) is 0 Å². The molecular formula is C10H10O4. The van der Waals surface area contributed by atoms with Gasteiger partial charge in [0.15, 0.2) is 23.0 Å². The molecule has 0 heterocycles. The molecule has 2 rings (SSSR count). The van der Waals surface area contributed by atoms with Gasteiger partial charge in [0.1, 0.15) is 0 Å². The molecule has 1 aliphatic carbocycles. The van der Waals surface area contributed by atoms with Crippen LogP contribution in [0.2, 0.25) is 0 Å². The second-order valence-electron chi connectivity index (χ2n) is 2.95. The lowest BCUT2D eigenvalue weighted by molar-refractivity contribution is 0.353. The molecule has 4 nitrogen and oxygen atoms in total. The van der Waals surface area contributed by atoms with Crippen LogP contribution in [-0.2, 0) is 0 Å². The summed E-state index contributed by atoms with van der Waals surface area (Å²) in [6, 6.07) is 3.26. The Morgan fingerprint density at radius 1 is 0.857 bits per heavy atom. The number of aliphatic hydroxyl groups is 2. The van der Waals surface area contributed by atoms with Gasteiger partial charge < -0.3 is 19.7 Å². The van der Waals surface area contributed by atoms with E-state index in [1.807, 2.05) is 0 Å². The summed E-state index contributed by atoms with van der Waals surface area (Å²) in [5, 5.41) is 18.6. The molecule has 1 aromatic rings. The highest BCUT2D eigenvalue weighted by Gasteiger charge is 2.27. The van der Waals surface area contributed by atoms with Crippen molar-refractivity contribution < 1.29 is 19.7 Å². The predicted octanol–water partition coefficient (Wildman–Crippen LogP) is 1.96. The fourth-order valence-corrected chi connectivity index (χ4v) is 1.46. The number of benzene rings is 1. The van der Waals surface area contributed by atoms with E-state index in [1.165, 1.54) is 14.2 Å². The minimum atomic E-state index is -0.0963. The molecule has 0 atom stereocenters. The van der Waals surface area contributed by atoms with Crippen molar-refractivity contribution >= 4 is 11.5 Å². The van der Waals surface area contributed by atoms with Gasteiger partial charge in [-0.05, 0) is 12.1 Å². The third-order valence-corrected chi connectivity index (χ3v) is 2.26. The van der Waals surface area contributed by atoms with Crippen LogP contribution in [-0.4, -0.2) is 24.4 Å². The zero-order valence-electron chi connectivity index (χ0n) is 7.87. The summed E-state index contributed by atoms with van der Waals surface area (Å²) in [6.07, 6.45) is 0. The fraction of sp³-hybridized carbons (Fsp3) is 0.200. The Hall–Kier alpha value is -1.84. The van der Waals surface area contributed by atoms with Crippen molar-refractivity contribution in [3.05, 3.63) is 23.3 Å². The highest BCUT2D eigenvalue weighted by molar-refractivity contribution is 5.97.